The number of nitrogens with zero attached hydrogens (tertiary/aromatic N) is 1. The van der Waals surface area contributed by atoms with Crippen molar-refractivity contribution in [2.45, 2.75) is 40.2 Å². The molecule has 0 aliphatic carbocycles. The number of nitrogens with one attached hydrogen (secondary N) is 3. The van der Waals surface area contributed by atoms with Crippen LogP contribution in [-0.2, 0) is 19.1 Å². The van der Waals surface area contributed by atoms with E-state index in [2.05, 4.69) is 15.3 Å². The van der Waals surface area contributed by atoms with Crippen molar-refractivity contribution in [1.82, 2.24) is 10.6 Å². The van der Waals surface area contributed by atoms with E-state index < -0.39 is 36.2 Å². The van der Waals surface area contributed by atoms with Gasteiger partial charge in [0.25, 0.3) is 0 Å². The summed E-state index contributed by atoms with van der Waals surface area (Å²) in [6.45, 7) is 6.47. The maximum Gasteiger partial charge on any atom is 0.420 e. The Morgan fingerprint density at radius 3 is 2.30 bits per heavy atom. The highest BCUT2D eigenvalue weighted by Gasteiger charge is 2.16. The van der Waals surface area contributed by atoms with Gasteiger partial charge < -0.3 is 14.2 Å². The number of amides is 4. The molecule has 12 heteroatoms. The van der Waals surface area contributed by atoms with E-state index in [0.29, 0.717) is 5.75 Å². The summed E-state index contributed by atoms with van der Waals surface area (Å²) in [6, 6.07) is 4.08. The summed E-state index contributed by atoms with van der Waals surface area (Å²) in [5.41, 5.74) is 2.37. The average Bonchev–Trinajstić information content (AvgIpc) is 2.59. The monoisotopic (exact) mass is 426 g/mol. The molecule has 0 heterocycles. The number of rotatable bonds is 7. The number of ether oxygens (including phenoxy) is 3. The molecule has 0 aromatic heterocycles. The van der Waals surface area contributed by atoms with Crippen LogP contribution in [0, 0.1) is 5.82 Å². The van der Waals surface area contributed by atoms with E-state index in [4.69, 9.17) is 9.47 Å². The summed E-state index contributed by atoms with van der Waals surface area (Å²) < 4.78 is 28.5. The summed E-state index contributed by atoms with van der Waals surface area (Å²) >= 11 is 0. The molecule has 0 saturated carbocycles. The van der Waals surface area contributed by atoms with Crippen molar-refractivity contribution in [2.75, 3.05) is 12.0 Å². The van der Waals surface area contributed by atoms with Crippen LogP contribution < -0.4 is 20.8 Å². The highest BCUT2D eigenvalue weighted by atomic mass is 19.1. The molecule has 3 N–H and O–H groups in total. The first kappa shape index (κ1) is 24.3. The third-order valence-corrected chi connectivity index (χ3v) is 2.97. The SMILES string of the molecule is CCOC(=O)NC(=O)CC(=O)NC(=O)OC(C)=NNc1ccc(OC(C)C)cc1F. The third kappa shape index (κ3) is 9.48. The molecule has 1 rings (SSSR count). The van der Waals surface area contributed by atoms with Gasteiger partial charge in [0.15, 0.2) is 5.82 Å². The normalized spacial score (nSPS) is 10.8. The number of alkyl carbamates (subject to hydrolysis) is 2. The van der Waals surface area contributed by atoms with Crippen LogP contribution in [0.25, 0.3) is 0 Å². The fourth-order valence-electron chi connectivity index (χ4n) is 1.88. The Labute approximate surface area is 171 Å². The van der Waals surface area contributed by atoms with Gasteiger partial charge in [-0.15, -0.1) is 5.10 Å². The lowest BCUT2D eigenvalue weighted by Gasteiger charge is -2.11. The molecule has 0 spiro atoms. The average molecular weight is 426 g/mol. The second-order valence-electron chi connectivity index (χ2n) is 5.93. The molecule has 0 saturated heterocycles. The molecular formula is C18H23FN4O7. The zero-order chi connectivity index (χ0) is 22.7. The molecule has 164 valence electrons. The van der Waals surface area contributed by atoms with E-state index in [0.717, 1.165) is 0 Å². The Hall–Kier alpha value is -3.70. The summed E-state index contributed by atoms with van der Waals surface area (Å²) in [5, 5.41) is 7.23. The van der Waals surface area contributed by atoms with Crippen LogP contribution in [0.4, 0.5) is 19.7 Å². The summed E-state index contributed by atoms with van der Waals surface area (Å²) in [6.07, 6.45) is -3.15. The van der Waals surface area contributed by atoms with Gasteiger partial charge in [0.05, 0.1) is 18.4 Å². The molecular weight excluding hydrogens is 403 g/mol. The molecule has 0 aliphatic heterocycles. The second-order valence-corrected chi connectivity index (χ2v) is 5.93. The van der Waals surface area contributed by atoms with Gasteiger partial charge in [-0.25, -0.2) is 14.0 Å². The summed E-state index contributed by atoms with van der Waals surface area (Å²) in [5.74, 6) is -2.52. The number of anilines is 1. The predicted octanol–water partition coefficient (Wildman–Crippen LogP) is 2.27. The molecule has 0 atom stereocenters. The van der Waals surface area contributed by atoms with Crippen molar-refractivity contribution in [3.05, 3.63) is 24.0 Å². The molecule has 0 bridgehead atoms. The lowest BCUT2D eigenvalue weighted by molar-refractivity contribution is -0.128. The Morgan fingerprint density at radius 2 is 1.73 bits per heavy atom. The van der Waals surface area contributed by atoms with Gasteiger partial charge in [-0.05, 0) is 32.9 Å². The molecule has 0 unspecified atom stereocenters. The van der Waals surface area contributed by atoms with Gasteiger partial charge in [-0.3, -0.25) is 25.6 Å². The van der Waals surface area contributed by atoms with Crippen LogP contribution in [0.1, 0.15) is 34.1 Å². The zero-order valence-corrected chi connectivity index (χ0v) is 16.9. The van der Waals surface area contributed by atoms with Crippen molar-refractivity contribution in [3.8, 4) is 5.75 Å². The first-order valence-corrected chi connectivity index (χ1v) is 8.85. The maximum atomic E-state index is 14.0. The van der Waals surface area contributed by atoms with Crippen molar-refractivity contribution in [2.24, 2.45) is 5.10 Å². The minimum Gasteiger partial charge on any atom is -0.491 e. The quantitative estimate of drug-likeness (QED) is 0.261. The number of hydrogen-bond acceptors (Lipinski definition) is 9. The van der Waals surface area contributed by atoms with Crippen LogP contribution in [0.15, 0.2) is 23.3 Å². The number of hydrazone groups is 1. The van der Waals surface area contributed by atoms with E-state index in [-0.39, 0.29) is 24.3 Å². The summed E-state index contributed by atoms with van der Waals surface area (Å²) in [4.78, 5) is 45.7. The van der Waals surface area contributed by atoms with Crippen LogP contribution >= 0.6 is 0 Å². The number of carbonyl (C=O) groups is 4. The van der Waals surface area contributed by atoms with Crippen LogP contribution in [0.2, 0.25) is 0 Å². The third-order valence-electron chi connectivity index (χ3n) is 2.97. The van der Waals surface area contributed by atoms with E-state index in [1.54, 1.807) is 24.5 Å². The van der Waals surface area contributed by atoms with Gasteiger partial charge in [-0.1, -0.05) is 0 Å². The largest absolute Gasteiger partial charge is 0.491 e. The van der Waals surface area contributed by atoms with Crippen molar-refractivity contribution in [1.29, 1.82) is 0 Å². The molecule has 11 nitrogen and oxygen atoms in total. The molecule has 1 aromatic rings. The standard InChI is InChI=1S/C18H23FN4O7/c1-5-28-17(26)20-15(24)9-16(25)21-18(27)30-11(4)22-23-14-7-6-12(8-13(14)19)29-10(2)3/h6-8,10,23H,5,9H2,1-4H3,(H,20,24,26)(H,21,25,27). The van der Waals surface area contributed by atoms with Crippen LogP contribution in [0.5, 0.6) is 5.75 Å². The highest BCUT2D eigenvalue weighted by Crippen LogP contribution is 2.21. The topological polar surface area (TPSA) is 144 Å². The summed E-state index contributed by atoms with van der Waals surface area (Å²) in [7, 11) is 0. The molecule has 1 aromatic carbocycles. The highest BCUT2D eigenvalue weighted by molar-refractivity contribution is 6.07. The predicted molar refractivity (Wildman–Crippen MR) is 103 cm³/mol. The first-order chi connectivity index (χ1) is 14.1. The number of carbonyl (C=O) groups excluding carboxylic acids is 4. The fourth-order valence-corrected chi connectivity index (χ4v) is 1.88. The van der Waals surface area contributed by atoms with Crippen molar-refractivity contribution < 1.29 is 37.8 Å². The Kier molecular flexibility index (Phi) is 9.73. The van der Waals surface area contributed by atoms with Crippen LogP contribution in [0.3, 0.4) is 0 Å². The molecule has 4 amide bonds. The van der Waals surface area contributed by atoms with Crippen molar-refractivity contribution in [3.63, 3.8) is 0 Å². The minimum atomic E-state index is -1.21. The minimum absolute atomic E-state index is 0.00109. The fraction of sp³-hybridized carbons (Fsp3) is 0.389. The Balaban J connectivity index is 2.50. The van der Waals surface area contributed by atoms with Gasteiger partial charge in [0.2, 0.25) is 17.7 Å². The molecule has 0 radical (unpaired) electrons. The van der Waals surface area contributed by atoms with E-state index >= 15 is 0 Å². The lowest BCUT2D eigenvalue weighted by atomic mass is 10.3. The Morgan fingerprint density at radius 1 is 1.10 bits per heavy atom. The van der Waals surface area contributed by atoms with E-state index in [1.165, 1.54) is 32.0 Å². The van der Waals surface area contributed by atoms with Gasteiger partial charge in [0, 0.05) is 13.0 Å². The molecule has 0 fully saturated rings. The number of halogens is 1. The smallest absolute Gasteiger partial charge is 0.420 e. The van der Waals surface area contributed by atoms with Crippen LogP contribution in [-0.4, -0.2) is 42.6 Å². The molecule has 0 aliphatic rings. The van der Waals surface area contributed by atoms with Gasteiger partial charge in [0.1, 0.15) is 12.2 Å². The van der Waals surface area contributed by atoms with Gasteiger partial charge >= 0.3 is 12.2 Å². The number of hydrogen-bond donors (Lipinski definition) is 3. The number of benzene rings is 1. The Bertz CT molecular complexity index is 827. The van der Waals surface area contributed by atoms with E-state index in [1.807, 2.05) is 0 Å². The number of imide groups is 2. The van der Waals surface area contributed by atoms with Crippen molar-refractivity contribution >= 4 is 35.6 Å². The molecule has 30 heavy (non-hydrogen) atoms. The second kappa shape index (κ2) is 12.0. The van der Waals surface area contributed by atoms with Gasteiger partial charge in [-0.2, -0.15) is 0 Å². The van der Waals surface area contributed by atoms with E-state index in [9.17, 15) is 23.6 Å². The first-order valence-electron chi connectivity index (χ1n) is 8.85. The zero-order valence-electron chi connectivity index (χ0n) is 16.9. The lowest BCUT2D eigenvalue weighted by Crippen LogP contribution is -2.38. The maximum absolute atomic E-state index is 14.0.